The van der Waals surface area contributed by atoms with Crippen LogP contribution in [0.5, 0.6) is 0 Å². The van der Waals surface area contributed by atoms with E-state index < -0.39 is 21.8 Å². The van der Waals surface area contributed by atoms with Crippen LogP contribution < -0.4 is 10.9 Å². The number of nitrogens with zero attached hydrogens (tertiary/aromatic N) is 2. The number of fused-ring (bicyclic) bond motifs is 1. The quantitative estimate of drug-likeness (QED) is 0.573. The van der Waals surface area contributed by atoms with Crippen molar-refractivity contribution in [3.8, 4) is 0 Å². The molecule has 3 rings (SSSR count). The second kappa shape index (κ2) is 9.23. The SMILES string of the molecule is CCN(CC)S(=O)(=O)c1cccc(C(=O)NNC(=O)c2cc(C)nc3ccccc23)c1. The van der Waals surface area contributed by atoms with Crippen LogP contribution in [0.1, 0.15) is 40.3 Å². The standard InChI is InChI=1S/C22H24N4O4S/c1-4-26(5-2)31(29,30)17-10-8-9-16(14-17)21(27)24-25-22(28)19-13-15(3)23-20-12-7-6-11-18(19)20/h6-14H,4-5H2,1-3H3,(H,24,27)(H,25,28). The summed E-state index contributed by atoms with van der Waals surface area (Å²) in [6, 6.07) is 14.6. The van der Waals surface area contributed by atoms with Crippen LogP contribution in [-0.2, 0) is 10.0 Å². The molecular weight excluding hydrogens is 416 g/mol. The van der Waals surface area contributed by atoms with Gasteiger partial charge in [0, 0.05) is 29.7 Å². The zero-order valence-electron chi connectivity index (χ0n) is 17.5. The fourth-order valence-corrected chi connectivity index (χ4v) is 4.76. The van der Waals surface area contributed by atoms with E-state index in [1.54, 1.807) is 45.0 Å². The van der Waals surface area contributed by atoms with Crippen LogP contribution in [0.4, 0.5) is 0 Å². The second-order valence-electron chi connectivity index (χ2n) is 6.85. The minimum absolute atomic E-state index is 0.0194. The fourth-order valence-electron chi connectivity index (χ4n) is 3.26. The lowest BCUT2D eigenvalue weighted by molar-refractivity contribution is 0.0847. The van der Waals surface area contributed by atoms with Crippen LogP contribution in [0, 0.1) is 6.92 Å². The summed E-state index contributed by atoms with van der Waals surface area (Å²) in [7, 11) is -3.70. The molecule has 0 saturated heterocycles. The highest BCUT2D eigenvalue weighted by molar-refractivity contribution is 7.89. The summed E-state index contributed by atoms with van der Waals surface area (Å²) in [5.41, 5.74) is 6.58. The first-order valence-corrected chi connectivity index (χ1v) is 11.3. The van der Waals surface area contributed by atoms with E-state index in [1.807, 2.05) is 6.07 Å². The maximum absolute atomic E-state index is 12.7. The normalized spacial score (nSPS) is 11.5. The van der Waals surface area contributed by atoms with Crippen molar-refractivity contribution >= 4 is 32.7 Å². The Bertz CT molecular complexity index is 1240. The third-order valence-corrected chi connectivity index (χ3v) is 6.86. The largest absolute Gasteiger partial charge is 0.270 e. The average molecular weight is 441 g/mol. The van der Waals surface area contributed by atoms with E-state index in [4.69, 9.17) is 0 Å². The highest BCUT2D eigenvalue weighted by Gasteiger charge is 2.22. The first-order chi connectivity index (χ1) is 14.8. The molecule has 1 heterocycles. The number of aryl methyl sites for hydroxylation is 1. The van der Waals surface area contributed by atoms with Crippen molar-refractivity contribution in [3.05, 3.63) is 71.4 Å². The average Bonchev–Trinajstić information content (AvgIpc) is 2.77. The van der Waals surface area contributed by atoms with Crippen molar-refractivity contribution in [1.29, 1.82) is 0 Å². The van der Waals surface area contributed by atoms with Crippen LogP contribution in [-0.4, -0.2) is 42.6 Å². The molecule has 0 aliphatic heterocycles. The number of hydrazine groups is 1. The molecule has 8 nitrogen and oxygen atoms in total. The van der Waals surface area contributed by atoms with Gasteiger partial charge in [-0.2, -0.15) is 4.31 Å². The van der Waals surface area contributed by atoms with Gasteiger partial charge >= 0.3 is 0 Å². The van der Waals surface area contributed by atoms with Crippen molar-refractivity contribution < 1.29 is 18.0 Å². The van der Waals surface area contributed by atoms with E-state index in [0.29, 0.717) is 35.2 Å². The van der Waals surface area contributed by atoms with E-state index >= 15 is 0 Å². The molecule has 0 radical (unpaired) electrons. The number of aromatic nitrogens is 1. The van der Waals surface area contributed by atoms with Crippen LogP contribution in [0.25, 0.3) is 10.9 Å². The van der Waals surface area contributed by atoms with Crippen molar-refractivity contribution in [2.75, 3.05) is 13.1 Å². The molecule has 0 aliphatic carbocycles. The van der Waals surface area contributed by atoms with Gasteiger partial charge < -0.3 is 0 Å². The predicted molar refractivity (Wildman–Crippen MR) is 118 cm³/mol. The van der Waals surface area contributed by atoms with Gasteiger partial charge in [0.1, 0.15) is 0 Å². The number of nitrogens with one attached hydrogen (secondary N) is 2. The minimum atomic E-state index is -3.70. The van der Waals surface area contributed by atoms with Crippen molar-refractivity contribution in [2.24, 2.45) is 0 Å². The Morgan fingerprint density at radius 1 is 0.935 bits per heavy atom. The molecule has 9 heteroatoms. The predicted octanol–water partition coefficient (Wildman–Crippen LogP) is 2.65. The smallest absolute Gasteiger partial charge is 0.267 e. The number of amides is 2. The van der Waals surface area contributed by atoms with Crippen molar-refractivity contribution in [3.63, 3.8) is 0 Å². The summed E-state index contributed by atoms with van der Waals surface area (Å²) in [5, 5.41) is 0.659. The molecule has 2 aromatic carbocycles. The number of sulfonamides is 1. The molecular formula is C22H24N4O4S. The third kappa shape index (κ3) is 4.73. The fraction of sp³-hybridized carbons (Fsp3) is 0.227. The number of hydrogen-bond donors (Lipinski definition) is 2. The highest BCUT2D eigenvalue weighted by Crippen LogP contribution is 2.19. The summed E-state index contributed by atoms with van der Waals surface area (Å²) in [5.74, 6) is -1.12. The number of pyridine rings is 1. The Kier molecular flexibility index (Phi) is 6.67. The van der Waals surface area contributed by atoms with E-state index in [2.05, 4.69) is 15.8 Å². The molecule has 0 aliphatic rings. The van der Waals surface area contributed by atoms with Crippen molar-refractivity contribution in [1.82, 2.24) is 20.1 Å². The van der Waals surface area contributed by atoms with Crippen LogP contribution >= 0.6 is 0 Å². The molecule has 0 spiro atoms. The van der Waals surface area contributed by atoms with Gasteiger partial charge in [0.2, 0.25) is 10.0 Å². The molecule has 162 valence electrons. The molecule has 2 amide bonds. The number of para-hydroxylation sites is 1. The van der Waals surface area contributed by atoms with E-state index in [0.717, 1.165) is 0 Å². The maximum atomic E-state index is 12.7. The molecule has 0 atom stereocenters. The number of rotatable bonds is 6. The van der Waals surface area contributed by atoms with E-state index in [1.165, 1.54) is 28.6 Å². The van der Waals surface area contributed by atoms with E-state index in [-0.39, 0.29) is 10.5 Å². The first-order valence-electron chi connectivity index (χ1n) is 9.85. The Labute approximate surface area is 181 Å². The Morgan fingerprint density at radius 2 is 1.61 bits per heavy atom. The maximum Gasteiger partial charge on any atom is 0.270 e. The number of carbonyl (C=O) groups is 2. The molecule has 0 bridgehead atoms. The Hall–Kier alpha value is -3.30. The monoisotopic (exact) mass is 440 g/mol. The molecule has 31 heavy (non-hydrogen) atoms. The van der Waals surface area contributed by atoms with Crippen LogP contribution in [0.15, 0.2) is 59.5 Å². The molecule has 2 N–H and O–H groups in total. The van der Waals surface area contributed by atoms with Gasteiger partial charge in [-0.15, -0.1) is 0 Å². The zero-order valence-corrected chi connectivity index (χ0v) is 18.4. The van der Waals surface area contributed by atoms with Gasteiger partial charge in [0.15, 0.2) is 0 Å². The van der Waals surface area contributed by atoms with E-state index in [9.17, 15) is 18.0 Å². The molecule has 3 aromatic rings. The molecule has 0 fully saturated rings. The van der Waals surface area contributed by atoms with Gasteiger partial charge in [-0.3, -0.25) is 25.4 Å². The number of carbonyl (C=O) groups excluding carboxylic acids is 2. The van der Waals surface area contributed by atoms with Crippen LogP contribution in [0.2, 0.25) is 0 Å². The van der Waals surface area contributed by atoms with Crippen molar-refractivity contribution in [2.45, 2.75) is 25.7 Å². The molecule has 0 saturated carbocycles. The zero-order chi connectivity index (χ0) is 22.6. The Balaban J connectivity index is 1.79. The summed E-state index contributed by atoms with van der Waals surface area (Å²) < 4.78 is 26.7. The lowest BCUT2D eigenvalue weighted by atomic mass is 10.1. The second-order valence-corrected chi connectivity index (χ2v) is 8.79. The Morgan fingerprint density at radius 3 is 2.32 bits per heavy atom. The lowest BCUT2D eigenvalue weighted by Crippen LogP contribution is -2.41. The molecule has 1 aromatic heterocycles. The molecule has 0 unspecified atom stereocenters. The van der Waals surface area contributed by atoms with Crippen LogP contribution in [0.3, 0.4) is 0 Å². The number of benzene rings is 2. The third-order valence-electron chi connectivity index (χ3n) is 4.82. The van der Waals surface area contributed by atoms with Gasteiger partial charge in [0.05, 0.1) is 16.0 Å². The van der Waals surface area contributed by atoms with Gasteiger partial charge in [-0.05, 0) is 37.3 Å². The number of hydrogen-bond acceptors (Lipinski definition) is 5. The van der Waals surface area contributed by atoms with Gasteiger partial charge in [-0.1, -0.05) is 38.1 Å². The highest BCUT2D eigenvalue weighted by atomic mass is 32.2. The summed E-state index contributed by atoms with van der Waals surface area (Å²) in [4.78, 5) is 29.6. The first kappa shape index (κ1) is 22.4. The lowest BCUT2D eigenvalue weighted by Gasteiger charge is -2.18. The summed E-state index contributed by atoms with van der Waals surface area (Å²) >= 11 is 0. The van der Waals surface area contributed by atoms with Gasteiger partial charge in [-0.25, -0.2) is 8.42 Å². The minimum Gasteiger partial charge on any atom is -0.267 e. The topological polar surface area (TPSA) is 108 Å². The summed E-state index contributed by atoms with van der Waals surface area (Å²) in [6.45, 7) is 5.92. The summed E-state index contributed by atoms with van der Waals surface area (Å²) in [6.07, 6.45) is 0. The van der Waals surface area contributed by atoms with Gasteiger partial charge in [0.25, 0.3) is 11.8 Å².